The van der Waals surface area contributed by atoms with Crippen LogP contribution in [0.15, 0.2) is 17.2 Å². The maximum Gasteiger partial charge on any atom is 0.293 e. The van der Waals surface area contributed by atoms with Crippen LogP contribution in [0.25, 0.3) is 0 Å². The van der Waals surface area contributed by atoms with E-state index in [2.05, 4.69) is 10.3 Å². The highest BCUT2D eigenvalue weighted by atomic mass is 16.1. The fourth-order valence-electron chi connectivity index (χ4n) is 1.20. The van der Waals surface area contributed by atoms with Gasteiger partial charge in [-0.1, -0.05) is 6.92 Å². The monoisotopic (exact) mass is 210 g/mol. The highest BCUT2D eigenvalue weighted by Crippen LogP contribution is 1.96. The van der Waals surface area contributed by atoms with Gasteiger partial charge in [-0.15, -0.1) is 0 Å². The quantitative estimate of drug-likeness (QED) is 0.734. The molecule has 15 heavy (non-hydrogen) atoms. The van der Waals surface area contributed by atoms with Gasteiger partial charge in [0.25, 0.3) is 5.56 Å². The molecule has 5 nitrogen and oxygen atoms in total. The van der Waals surface area contributed by atoms with Gasteiger partial charge in [0.15, 0.2) is 5.82 Å². The second-order valence-electron chi connectivity index (χ2n) is 3.58. The minimum atomic E-state index is -0.109. The summed E-state index contributed by atoms with van der Waals surface area (Å²) in [5.41, 5.74) is 5.65. The number of aryl methyl sites for hydroxylation is 1. The lowest BCUT2D eigenvalue weighted by Gasteiger charge is -2.09. The summed E-state index contributed by atoms with van der Waals surface area (Å²) < 4.78 is 1.50. The molecule has 0 radical (unpaired) electrons. The number of nitrogens with one attached hydrogen (secondary N) is 1. The van der Waals surface area contributed by atoms with Crippen molar-refractivity contribution in [2.45, 2.75) is 25.8 Å². The van der Waals surface area contributed by atoms with Gasteiger partial charge in [0.05, 0.1) is 0 Å². The third kappa shape index (κ3) is 3.36. The third-order valence-electron chi connectivity index (χ3n) is 2.35. The third-order valence-corrected chi connectivity index (χ3v) is 2.35. The Bertz CT molecular complexity index is 361. The minimum absolute atomic E-state index is 0.109. The molecule has 1 heterocycles. The summed E-state index contributed by atoms with van der Waals surface area (Å²) in [4.78, 5) is 15.5. The molecule has 0 aliphatic rings. The smallest absolute Gasteiger partial charge is 0.293 e. The average Bonchev–Trinajstić information content (AvgIpc) is 2.24. The molecule has 1 aromatic rings. The molecule has 3 N–H and O–H groups in total. The number of anilines is 1. The van der Waals surface area contributed by atoms with Crippen molar-refractivity contribution in [3.05, 3.63) is 22.7 Å². The summed E-state index contributed by atoms with van der Waals surface area (Å²) >= 11 is 0. The first-order valence-electron chi connectivity index (χ1n) is 5.16. The molecule has 1 aromatic heterocycles. The van der Waals surface area contributed by atoms with Crippen molar-refractivity contribution in [2.75, 3.05) is 11.9 Å². The van der Waals surface area contributed by atoms with E-state index in [-0.39, 0.29) is 11.6 Å². The van der Waals surface area contributed by atoms with Crippen molar-refractivity contribution in [3.8, 4) is 0 Å². The Hall–Kier alpha value is -1.36. The molecule has 0 saturated carbocycles. The highest BCUT2D eigenvalue weighted by Gasteiger charge is 2.02. The van der Waals surface area contributed by atoms with E-state index >= 15 is 0 Å². The van der Waals surface area contributed by atoms with Gasteiger partial charge in [-0.3, -0.25) is 4.79 Å². The predicted octanol–water partition coefficient (Wildman–Crippen LogP) is 0.320. The zero-order valence-corrected chi connectivity index (χ0v) is 9.23. The molecule has 5 heteroatoms. The molecule has 0 aliphatic carbocycles. The van der Waals surface area contributed by atoms with Crippen molar-refractivity contribution in [3.63, 3.8) is 0 Å². The Morgan fingerprint density at radius 2 is 2.40 bits per heavy atom. The normalized spacial score (nSPS) is 12.5. The van der Waals surface area contributed by atoms with Crippen LogP contribution in [-0.4, -0.2) is 22.1 Å². The molecule has 0 amide bonds. The summed E-state index contributed by atoms with van der Waals surface area (Å²) in [7, 11) is 1.70. The van der Waals surface area contributed by atoms with Gasteiger partial charge in [0, 0.05) is 32.0 Å². The fraction of sp³-hybridized carbons (Fsp3) is 0.600. The van der Waals surface area contributed by atoms with Crippen LogP contribution in [0.5, 0.6) is 0 Å². The second kappa shape index (κ2) is 5.50. The molecule has 0 spiro atoms. The molecule has 1 rings (SSSR count). The minimum Gasteiger partial charge on any atom is -0.365 e. The van der Waals surface area contributed by atoms with E-state index in [0.29, 0.717) is 12.4 Å². The summed E-state index contributed by atoms with van der Waals surface area (Å²) in [5.74, 6) is 0.392. The zero-order chi connectivity index (χ0) is 11.3. The Labute approximate surface area is 89.3 Å². The van der Waals surface area contributed by atoms with E-state index < -0.39 is 0 Å². The molecule has 1 atom stereocenters. The number of hydrogen-bond donors (Lipinski definition) is 2. The lowest BCUT2D eigenvalue weighted by Crippen LogP contribution is -2.26. The van der Waals surface area contributed by atoms with Crippen LogP contribution in [-0.2, 0) is 7.05 Å². The summed E-state index contributed by atoms with van der Waals surface area (Å²) in [6.45, 7) is 2.73. The molecule has 1 unspecified atom stereocenters. The zero-order valence-electron chi connectivity index (χ0n) is 9.23. The Balaban J connectivity index is 2.51. The summed E-state index contributed by atoms with van der Waals surface area (Å²) in [5, 5.41) is 2.99. The second-order valence-corrected chi connectivity index (χ2v) is 3.58. The Morgan fingerprint density at radius 3 is 3.07 bits per heavy atom. The summed E-state index contributed by atoms with van der Waals surface area (Å²) in [6, 6.07) is 0.185. The molecule has 0 aliphatic heterocycles. The van der Waals surface area contributed by atoms with Gasteiger partial charge in [-0.05, 0) is 12.8 Å². The van der Waals surface area contributed by atoms with Crippen LogP contribution in [0.1, 0.15) is 19.8 Å². The molecular formula is C10H18N4O. The number of rotatable bonds is 5. The van der Waals surface area contributed by atoms with Crippen LogP contribution < -0.4 is 16.6 Å². The van der Waals surface area contributed by atoms with Crippen LogP contribution in [0, 0.1) is 0 Å². The maximum atomic E-state index is 11.5. The standard InChI is InChI=1S/C10H18N4O/c1-3-8(11)4-5-12-9-10(15)14(2)7-6-13-9/h6-8H,3-5,11H2,1-2H3,(H,12,13). The molecule has 0 saturated heterocycles. The van der Waals surface area contributed by atoms with Crippen LogP contribution in [0.4, 0.5) is 5.82 Å². The van der Waals surface area contributed by atoms with E-state index in [1.807, 2.05) is 6.92 Å². The maximum absolute atomic E-state index is 11.5. The number of hydrogen-bond acceptors (Lipinski definition) is 4. The molecule has 84 valence electrons. The van der Waals surface area contributed by atoms with E-state index in [1.54, 1.807) is 19.4 Å². The number of nitrogens with two attached hydrogens (primary N) is 1. The largest absolute Gasteiger partial charge is 0.365 e. The number of aromatic nitrogens is 2. The van der Waals surface area contributed by atoms with E-state index in [0.717, 1.165) is 12.8 Å². The lowest BCUT2D eigenvalue weighted by atomic mass is 10.2. The van der Waals surface area contributed by atoms with E-state index in [4.69, 9.17) is 5.73 Å². The van der Waals surface area contributed by atoms with Crippen molar-refractivity contribution < 1.29 is 0 Å². The van der Waals surface area contributed by atoms with Gasteiger partial charge in [0.1, 0.15) is 0 Å². The molecule has 0 fully saturated rings. The number of nitrogens with zero attached hydrogens (tertiary/aromatic N) is 2. The van der Waals surface area contributed by atoms with Gasteiger partial charge in [0.2, 0.25) is 0 Å². The van der Waals surface area contributed by atoms with Gasteiger partial charge in [-0.2, -0.15) is 0 Å². The van der Waals surface area contributed by atoms with Crippen molar-refractivity contribution >= 4 is 5.82 Å². The Kier molecular flexibility index (Phi) is 4.30. The molecule has 0 bridgehead atoms. The first-order valence-corrected chi connectivity index (χ1v) is 5.16. The highest BCUT2D eigenvalue weighted by molar-refractivity contribution is 5.30. The van der Waals surface area contributed by atoms with Gasteiger partial charge in [-0.25, -0.2) is 4.98 Å². The fourth-order valence-corrected chi connectivity index (χ4v) is 1.20. The first-order chi connectivity index (χ1) is 7.15. The van der Waals surface area contributed by atoms with Crippen molar-refractivity contribution in [1.29, 1.82) is 0 Å². The first kappa shape index (κ1) is 11.7. The average molecular weight is 210 g/mol. The Morgan fingerprint density at radius 1 is 1.67 bits per heavy atom. The molecular weight excluding hydrogens is 192 g/mol. The molecule has 0 aromatic carbocycles. The lowest BCUT2D eigenvalue weighted by molar-refractivity contribution is 0.612. The summed E-state index contributed by atoms with van der Waals surface area (Å²) in [6.07, 6.45) is 5.02. The van der Waals surface area contributed by atoms with Crippen molar-refractivity contribution in [2.24, 2.45) is 12.8 Å². The van der Waals surface area contributed by atoms with Crippen LogP contribution in [0.2, 0.25) is 0 Å². The SMILES string of the molecule is CCC(N)CCNc1nccn(C)c1=O. The van der Waals surface area contributed by atoms with Gasteiger partial charge >= 0.3 is 0 Å². The van der Waals surface area contributed by atoms with Crippen LogP contribution >= 0.6 is 0 Å². The van der Waals surface area contributed by atoms with E-state index in [9.17, 15) is 4.79 Å². The van der Waals surface area contributed by atoms with E-state index in [1.165, 1.54) is 4.57 Å². The van der Waals surface area contributed by atoms with Crippen LogP contribution in [0.3, 0.4) is 0 Å². The van der Waals surface area contributed by atoms with Crippen molar-refractivity contribution in [1.82, 2.24) is 9.55 Å². The predicted molar refractivity (Wildman–Crippen MR) is 60.9 cm³/mol. The van der Waals surface area contributed by atoms with Gasteiger partial charge < -0.3 is 15.6 Å². The topological polar surface area (TPSA) is 72.9 Å².